The number of primary amides is 2. The summed E-state index contributed by atoms with van der Waals surface area (Å²) in [6.07, 6.45) is -0.581. The van der Waals surface area contributed by atoms with Crippen molar-refractivity contribution in [2.75, 3.05) is 10.6 Å². The highest BCUT2D eigenvalue weighted by molar-refractivity contribution is 7.10. The number of rotatable bonds is 6. The largest absolute Gasteiger partial charge is 0.390 e. The number of hydrogen-bond acceptors (Lipinski definition) is 7. The molecule has 1 aromatic carbocycles. The number of hydrogen-bond donors (Lipinski definition) is 5. The normalized spacial score (nSPS) is 22.0. The lowest BCUT2D eigenvalue weighted by Gasteiger charge is -2.17. The minimum Gasteiger partial charge on any atom is -0.390 e. The molecule has 7 N–H and O–H groups in total. The Morgan fingerprint density at radius 2 is 2.08 bits per heavy atom. The lowest BCUT2D eigenvalue weighted by Crippen LogP contribution is -2.41. The van der Waals surface area contributed by atoms with Gasteiger partial charge in [-0.15, -0.1) is 0 Å². The van der Waals surface area contributed by atoms with E-state index in [2.05, 4.69) is 15.0 Å². The molecule has 1 aliphatic carbocycles. The zero-order chi connectivity index (χ0) is 17.5. The molecule has 0 spiro atoms. The standard InChI is InChI=1S/C15H17N5O3S/c1-7-4-12(24-20-7)18-10-5-8(2-3-9(10)13(16)22)19-15(14(17)23)6-11(15)21/h2-5,11,18-19,21H,6H2,1H3,(H2,16,22)(H2,17,23)/t11-,15-/m0/s1. The molecule has 1 fully saturated rings. The smallest absolute Gasteiger partial charge is 0.250 e. The van der Waals surface area contributed by atoms with Crippen LogP contribution in [-0.4, -0.2) is 32.9 Å². The second-order valence-corrected chi connectivity index (χ2v) is 6.57. The van der Waals surface area contributed by atoms with Crippen molar-refractivity contribution in [3.63, 3.8) is 0 Å². The van der Waals surface area contributed by atoms with Gasteiger partial charge in [-0.1, -0.05) is 0 Å². The zero-order valence-corrected chi connectivity index (χ0v) is 13.7. The second kappa shape index (κ2) is 5.77. The summed E-state index contributed by atoms with van der Waals surface area (Å²) in [5.41, 5.74) is 11.8. The van der Waals surface area contributed by atoms with E-state index in [4.69, 9.17) is 11.5 Å². The SMILES string of the molecule is Cc1cc(Nc2cc(N[C@@]3(C(N)=O)C[C@@H]3O)ccc2C(N)=O)sn1. The van der Waals surface area contributed by atoms with Crippen molar-refractivity contribution in [1.82, 2.24) is 4.37 Å². The molecule has 1 heterocycles. The van der Waals surface area contributed by atoms with Crippen LogP contribution in [-0.2, 0) is 4.79 Å². The van der Waals surface area contributed by atoms with Crippen molar-refractivity contribution in [3.8, 4) is 0 Å². The molecule has 2 amide bonds. The summed E-state index contributed by atoms with van der Waals surface area (Å²) in [6.45, 7) is 1.86. The molecule has 1 aliphatic rings. The average molecular weight is 347 g/mol. The molecule has 3 rings (SSSR count). The molecule has 24 heavy (non-hydrogen) atoms. The third-order valence-electron chi connectivity index (χ3n) is 3.90. The number of anilines is 3. The summed E-state index contributed by atoms with van der Waals surface area (Å²) < 4.78 is 4.17. The Bertz CT molecular complexity index is 821. The summed E-state index contributed by atoms with van der Waals surface area (Å²) in [5, 5.41) is 16.5. The van der Waals surface area contributed by atoms with Gasteiger partial charge >= 0.3 is 0 Å². The van der Waals surface area contributed by atoms with Crippen LogP contribution in [0.15, 0.2) is 24.3 Å². The number of aryl methyl sites for hydroxylation is 1. The molecule has 2 atom stereocenters. The van der Waals surface area contributed by atoms with Gasteiger partial charge in [-0.25, -0.2) is 0 Å². The first-order valence-electron chi connectivity index (χ1n) is 7.22. The van der Waals surface area contributed by atoms with Crippen molar-refractivity contribution >= 4 is 39.7 Å². The predicted molar refractivity (Wildman–Crippen MR) is 91.3 cm³/mol. The Morgan fingerprint density at radius 3 is 2.58 bits per heavy atom. The van der Waals surface area contributed by atoms with E-state index in [1.807, 2.05) is 13.0 Å². The summed E-state index contributed by atoms with van der Waals surface area (Å²) in [4.78, 5) is 23.2. The lowest BCUT2D eigenvalue weighted by atomic mass is 10.1. The van der Waals surface area contributed by atoms with E-state index in [1.165, 1.54) is 11.5 Å². The summed E-state index contributed by atoms with van der Waals surface area (Å²) in [7, 11) is 0. The fourth-order valence-electron chi connectivity index (χ4n) is 2.46. The van der Waals surface area contributed by atoms with Gasteiger partial charge < -0.3 is 27.2 Å². The number of aliphatic hydroxyl groups excluding tert-OH is 1. The van der Waals surface area contributed by atoms with E-state index in [9.17, 15) is 14.7 Å². The van der Waals surface area contributed by atoms with E-state index in [0.717, 1.165) is 10.7 Å². The van der Waals surface area contributed by atoms with Crippen molar-refractivity contribution in [3.05, 3.63) is 35.5 Å². The number of nitrogens with one attached hydrogen (secondary N) is 2. The van der Waals surface area contributed by atoms with Crippen LogP contribution in [0.1, 0.15) is 22.5 Å². The minimum atomic E-state index is -1.16. The van der Waals surface area contributed by atoms with Gasteiger partial charge in [-0.2, -0.15) is 4.37 Å². The van der Waals surface area contributed by atoms with Gasteiger partial charge in [0.2, 0.25) is 5.91 Å². The molecule has 0 aliphatic heterocycles. The van der Waals surface area contributed by atoms with E-state index in [1.54, 1.807) is 18.2 Å². The van der Waals surface area contributed by atoms with Crippen LogP contribution in [0.3, 0.4) is 0 Å². The maximum absolute atomic E-state index is 11.6. The third kappa shape index (κ3) is 2.91. The highest BCUT2D eigenvalue weighted by Crippen LogP contribution is 2.40. The van der Waals surface area contributed by atoms with Crippen molar-refractivity contribution in [2.24, 2.45) is 11.5 Å². The van der Waals surface area contributed by atoms with Gasteiger partial charge in [0.15, 0.2) is 0 Å². The molecule has 126 valence electrons. The van der Waals surface area contributed by atoms with Gasteiger partial charge in [-0.05, 0) is 42.7 Å². The van der Waals surface area contributed by atoms with Gasteiger partial charge in [0.25, 0.3) is 5.91 Å². The van der Waals surface area contributed by atoms with Crippen LogP contribution in [0.5, 0.6) is 0 Å². The first-order chi connectivity index (χ1) is 11.3. The summed E-state index contributed by atoms with van der Waals surface area (Å²) >= 11 is 1.25. The van der Waals surface area contributed by atoms with Crippen LogP contribution in [0.4, 0.5) is 16.4 Å². The highest BCUT2D eigenvalue weighted by atomic mass is 32.1. The summed E-state index contributed by atoms with van der Waals surface area (Å²) in [6, 6.07) is 6.64. The molecule has 1 aromatic heterocycles. The van der Waals surface area contributed by atoms with Gasteiger partial charge in [0.1, 0.15) is 10.5 Å². The Hall–Kier alpha value is -2.65. The second-order valence-electron chi connectivity index (χ2n) is 5.76. The molecule has 0 unspecified atom stereocenters. The Labute approximate surface area is 142 Å². The Morgan fingerprint density at radius 1 is 1.38 bits per heavy atom. The number of nitrogens with two attached hydrogens (primary N) is 2. The van der Waals surface area contributed by atoms with Crippen molar-refractivity contribution in [1.29, 1.82) is 0 Å². The fourth-order valence-corrected chi connectivity index (χ4v) is 3.13. The van der Waals surface area contributed by atoms with Gasteiger partial charge in [0, 0.05) is 12.1 Å². The van der Waals surface area contributed by atoms with Crippen molar-refractivity contribution < 1.29 is 14.7 Å². The molecule has 8 nitrogen and oxygen atoms in total. The Balaban J connectivity index is 1.91. The van der Waals surface area contributed by atoms with E-state index < -0.39 is 23.5 Å². The maximum atomic E-state index is 11.6. The third-order valence-corrected chi connectivity index (χ3v) is 4.70. The monoisotopic (exact) mass is 347 g/mol. The molecular weight excluding hydrogens is 330 g/mol. The van der Waals surface area contributed by atoms with Gasteiger partial charge in [-0.3, -0.25) is 9.59 Å². The fraction of sp³-hybridized carbons (Fsp3) is 0.267. The quantitative estimate of drug-likeness (QED) is 0.520. The topological polar surface area (TPSA) is 143 Å². The van der Waals surface area contributed by atoms with Crippen LogP contribution in [0.25, 0.3) is 0 Å². The number of nitrogens with zero attached hydrogens (tertiary/aromatic N) is 1. The van der Waals surface area contributed by atoms with E-state index in [-0.39, 0.29) is 6.42 Å². The van der Waals surface area contributed by atoms with Crippen LogP contribution >= 0.6 is 11.5 Å². The van der Waals surface area contributed by atoms with E-state index in [0.29, 0.717) is 16.9 Å². The molecule has 9 heteroatoms. The predicted octanol–water partition coefficient (Wildman–Crippen LogP) is 0.695. The first-order valence-corrected chi connectivity index (χ1v) is 7.99. The maximum Gasteiger partial charge on any atom is 0.250 e. The molecule has 1 saturated carbocycles. The van der Waals surface area contributed by atoms with Crippen LogP contribution < -0.4 is 22.1 Å². The van der Waals surface area contributed by atoms with E-state index >= 15 is 0 Å². The lowest BCUT2D eigenvalue weighted by molar-refractivity contribution is -0.120. The zero-order valence-electron chi connectivity index (χ0n) is 12.9. The molecule has 0 bridgehead atoms. The van der Waals surface area contributed by atoms with Crippen LogP contribution in [0.2, 0.25) is 0 Å². The van der Waals surface area contributed by atoms with Crippen LogP contribution in [0, 0.1) is 6.92 Å². The molecule has 0 saturated heterocycles. The average Bonchev–Trinajstić information content (AvgIpc) is 2.97. The molecule has 0 radical (unpaired) electrons. The minimum absolute atomic E-state index is 0.247. The number of carbonyl (C=O) groups excluding carboxylic acids is 2. The highest BCUT2D eigenvalue weighted by Gasteiger charge is 2.59. The first kappa shape index (κ1) is 16.2. The number of benzene rings is 1. The van der Waals surface area contributed by atoms with Gasteiger partial charge in [0.05, 0.1) is 23.0 Å². The van der Waals surface area contributed by atoms with Crippen molar-refractivity contribution in [2.45, 2.75) is 25.0 Å². The molecule has 2 aromatic rings. The Kier molecular flexibility index (Phi) is 3.90. The number of amides is 2. The number of aliphatic hydroxyl groups is 1. The number of carbonyl (C=O) groups is 2. The number of aromatic nitrogens is 1. The molecular formula is C15H17N5O3S. The summed E-state index contributed by atoms with van der Waals surface area (Å²) in [5.74, 6) is -1.21.